The summed E-state index contributed by atoms with van der Waals surface area (Å²) in [6.07, 6.45) is 0. The standard InChI is InChI=1S/C42H26N2/c1-5-13-38-32(9-1)33-10-2-6-14-39(33)43(38)30-23-21-27-17-19-29-20-18-28-22-24-31(26-37(28)42(29)36(27)25-30)44-40-15-7-3-11-34(40)35-12-4-8-16-41(35)44/h1-26H. The Hall–Kier alpha value is -5.86. The minimum absolute atomic E-state index is 1.18. The van der Waals surface area contributed by atoms with Crippen molar-refractivity contribution in [2.45, 2.75) is 0 Å². The molecule has 44 heavy (non-hydrogen) atoms. The summed E-state index contributed by atoms with van der Waals surface area (Å²) in [5.41, 5.74) is 7.27. The van der Waals surface area contributed by atoms with E-state index in [1.54, 1.807) is 0 Å². The van der Waals surface area contributed by atoms with Crippen molar-refractivity contribution in [2.24, 2.45) is 0 Å². The molecule has 0 N–H and O–H groups in total. The Bertz CT molecular complexity index is 2480. The van der Waals surface area contributed by atoms with Gasteiger partial charge in [-0.25, -0.2) is 0 Å². The molecule has 2 heterocycles. The molecule has 0 saturated heterocycles. The molecule has 0 aliphatic heterocycles. The van der Waals surface area contributed by atoms with Crippen LogP contribution >= 0.6 is 0 Å². The van der Waals surface area contributed by atoms with E-state index >= 15 is 0 Å². The summed E-state index contributed by atoms with van der Waals surface area (Å²) in [5, 5.41) is 12.7. The van der Waals surface area contributed by atoms with Crippen LogP contribution in [0.5, 0.6) is 0 Å². The summed E-state index contributed by atoms with van der Waals surface area (Å²) in [4.78, 5) is 0. The van der Waals surface area contributed by atoms with Crippen LogP contribution < -0.4 is 0 Å². The van der Waals surface area contributed by atoms with E-state index < -0.39 is 0 Å². The SMILES string of the molecule is c1ccc2c(c1)c1ccccc1n2-c1ccc2ccc3ccc4ccc(-n5c6ccccc6c6ccccc65)cc4c3c2c1. The van der Waals surface area contributed by atoms with E-state index in [-0.39, 0.29) is 0 Å². The van der Waals surface area contributed by atoms with Crippen molar-refractivity contribution in [1.29, 1.82) is 0 Å². The summed E-state index contributed by atoms with van der Waals surface area (Å²) < 4.78 is 4.83. The fourth-order valence-corrected chi connectivity index (χ4v) is 7.53. The molecule has 10 rings (SSSR count). The molecule has 2 heteroatoms. The van der Waals surface area contributed by atoms with Gasteiger partial charge in [-0.2, -0.15) is 0 Å². The first-order chi connectivity index (χ1) is 21.8. The van der Waals surface area contributed by atoms with Crippen LogP contribution in [0.25, 0.3) is 87.3 Å². The van der Waals surface area contributed by atoms with Crippen molar-refractivity contribution in [1.82, 2.24) is 9.13 Å². The van der Waals surface area contributed by atoms with E-state index in [2.05, 4.69) is 167 Å². The lowest BCUT2D eigenvalue weighted by molar-refractivity contribution is 1.19. The molecular formula is C42H26N2. The van der Waals surface area contributed by atoms with Crippen LogP contribution in [-0.4, -0.2) is 9.13 Å². The maximum Gasteiger partial charge on any atom is 0.0541 e. The molecule has 0 bridgehead atoms. The van der Waals surface area contributed by atoms with Crippen LogP contribution in [0.3, 0.4) is 0 Å². The lowest BCUT2D eigenvalue weighted by Gasteiger charge is -2.14. The second kappa shape index (κ2) is 8.82. The van der Waals surface area contributed by atoms with Crippen LogP contribution in [0.2, 0.25) is 0 Å². The fourth-order valence-electron chi connectivity index (χ4n) is 7.53. The smallest absolute Gasteiger partial charge is 0.0541 e. The second-order valence-corrected chi connectivity index (χ2v) is 11.8. The van der Waals surface area contributed by atoms with Crippen molar-refractivity contribution < 1.29 is 0 Å². The van der Waals surface area contributed by atoms with Gasteiger partial charge in [-0.1, -0.05) is 109 Å². The minimum atomic E-state index is 1.18. The number of fused-ring (bicyclic) bond motifs is 11. The minimum Gasteiger partial charge on any atom is -0.309 e. The van der Waals surface area contributed by atoms with Crippen LogP contribution in [0, 0.1) is 0 Å². The zero-order chi connectivity index (χ0) is 28.8. The van der Waals surface area contributed by atoms with Gasteiger partial charge >= 0.3 is 0 Å². The Morgan fingerprint density at radius 3 is 0.977 bits per heavy atom. The second-order valence-electron chi connectivity index (χ2n) is 11.8. The third kappa shape index (κ3) is 3.20. The molecule has 2 nitrogen and oxygen atoms in total. The van der Waals surface area contributed by atoms with E-state index in [4.69, 9.17) is 0 Å². The number of aromatic nitrogens is 2. The topological polar surface area (TPSA) is 9.86 Å². The largest absolute Gasteiger partial charge is 0.309 e. The van der Waals surface area contributed by atoms with Gasteiger partial charge in [-0.05, 0) is 80.8 Å². The van der Waals surface area contributed by atoms with E-state index in [9.17, 15) is 0 Å². The van der Waals surface area contributed by atoms with Crippen molar-refractivity contribution >= 4 is 75.9 Å². The van der Waals surface area contributed by atoms with Gasteiger partial charge in [-0.15, -0.1) is 0 Å². The Balaban J connectivity index is 1.29. The molecule has 0 atom stereocenters. The van der Waals surface area contributed by atoms with Gasteiger partial charge in [0.25, 0.3) is 0 Å². The van der Waals surface area contributed by atoms with Crippen LogP contribution in [-0.2, 0) is 0 Å². The molecule has 10 aromatic rings. The third-order valence-corrected chi connectivity index (χ3v) is 9.46. The summed E-state index contributed by atoms with van der Waals surface area (Å²) in [7, 11) is 0. The van der Waals surface area contributed by atoms with Gasteiger partial charge in [0.2, 0.25) is 0 Å². The van der Waals surface area contributed by atoms with Gasteiger partial charge in [0, 0.05) is 32.9 Å². The maximum absolute atomic E-state index is 2.41. The summed E-state index contributed by atoms with van der Waals surface area (Å²) >= 11 is 0. The van der Waals surface area contributed by atoms with E-state index in [1.165, 1.54) is 87.3 Å². The lowest BCUT2D eigenvalue weighted by Crippen LogP contribution is -1.95. The highest BCUT2D eigenvalue weighted by molar-refractivity contribution is 6.21. The Morgan fingerprint density at radius 1 is 0.273 bits per heavy atom. The number of hydrogen-bond donors (Lipinski definition) is 0. The van der Waals surface area contributed by atoms with Crippen molar-refractivity contribution in [3.05, 3.63) is 158 Å². The predicted molar refractivity (Wildman–Crippen MR) is 188 cm³/mol. The van der Waals surface area contributed by atoms with Crippen LogP contribution in [0.4, 0.5) is 0 Å². The van der Waals surface area contributed by atoms with E-state index in [0.29, 0.717) is 0 Å². The maximum atomic E-state index is 2.41. The molecule has 0 saturated carbocycles. The van der Waals surface area contributed by atoms with Gasteiger partial charge in [0.1, 0.15) is 0 Å². The van der Waals surface area contributed by atoms with Gasteiger partial charge < -0.3 is 9.13 Å². The van der Waals surface area contributed by atoms with Crippen LogP contribution in [0.1, 0.15) is 0 Å². The summed E-state index contributed by atoms with van der Waals surface area (Å²) in [5.74, 6) is 0. The quantitative estimate of drug-likeness (QED) is 0.187. The Kier molecular flexibility index (Phi) is 4.75. The molecule has 2 aromatic heterocycles. The van der Waals surface area contributed by atoms with Crippen LogP contribution in [0.15, 0.2) is 158 Å². The molecule has 0 radical (unpaired) electrons. The zero-order valence-electron chi connectivity index (χ0n) is 23.9. The summed E-state index contributed by atoms with van der Waals surface area (Å²) in [6, 6.07) is 57.9. The van der Waals surface area contributed by atoms with Gasteiger partial charge in [0.05, 0.1) is 22.1 Å². The van der Waals surface area contributed by atoms with Gasteiger partial charge in [0.15, 0.2) is 0 Å². The molecular weight excluding hydrogens is 532 g/mol. The van der Waals surface area contributed by atoms with Crippen molar-refractivity contribution in [3.8, 4) is 11.4 Å². The van der Waals surface area contributed by atoms with E-state index in [1.807, 2.05) is 0 Å². The molecule has 0 aliphatic rings. The highest BCUT2D eigenvalue weighted by Gasteiger charge is 2.15. The molecule has 0 unspecified atom stereocenters. The fraction of sp³-hybridized carbons (Fsp3) is 0. The lowest BCUT2D eigenvalue weighted by atomic mass is 9.95. The van der Waals surface area contributed by atoms with Crippen molar-refractivity contribution in [3.63, 3.8) is 0 Å². The monoisotopic (exact) mass is 558 g/mol. The average molecular weight is 559 g/mol. The average Bonchev–Trinajstić information content (AvgIpc) is 3.61. The highest BCUT2D eigenvalue weighted by Crippen LogP contribution is 2.38. The van der Waals surface area contributed by atoms with E-state index in [0.717, 1.165) is 0 Å². The number of benzene rings is 8. The molecule has 204 valence electrons. The molecule has 0 aliphatic carbocycles. The molecule has 0 fully saturated rings. The molecule has 0 amide bonds. The number of nitrogens with zero attached hydrogens (tertiary/aromatic N) is 2. The van der Waals surface area contributed by atoms with Crippen molar-refractivity contribution in [2.75, 3.05) is 0 Å². The normalized spacial score (nSPS) is 12.1. The molecule has 0 spiro atoms. The highest BCUT2D eigenvalue weighted by atomic mass is 15.0. The Labute approximate surface area is 253 Å². The number of para-hydroxylation sites is 4. The first-order valence-electron chi connectivity index (χ1n) is 15.2. The first kappa shape index (κ1) is 23.7. The third-order valence-electron chi connectivity index (χ3n) is 9.46. The predicted octanol–water partition coefficient (Wildman–Crippen LogP) is 11.3. The van der Waals surface area contributed by atoms with Gasteiger partial charge in [-0.3, -0.25) is 0 Å². The summed E-state index contributed by atoms with van der Waals surface area (Å²) in [6.45, 7) is 0. The molecule has 8 aromatic carbocycles. The zero-order valence-corrected chi connectivity index (χ0v) is 23.9. The first-order valence-corrected chi connectivity index (χ1v) is 15.2. The Morgan fingerprint density at radius 2 is 0.591 bits per heavy atom. The number of rotatable bonds is 2. The number of hydrogen-bond acceptors (Lipinski definition) is 0.